The van der Waals surface area contributed by atoms with Crippen molar-refractivity contribution in [3.63, 3.8) is 0 Å². The Morgan fingerprint density at radius 1 is 1.21 bits per heavy atom. The highest BCUT2D eigenvalue weighted by Gasteiger charge is 2.66. The number of hydrogen-bond acceptors (Lipinski definition) is 7. The van der Waals surface area contributed by atoms with E-state index in [9.17, 15) is 19.8 Å². The van der Waals surface area contributed by atoms with E-state index in [2.05, 4.69) is 0 Å². The Hall–Kier alpha value is -1.60. The minimum absolute atomic E-state index is 0.0215. The van der Waals surface area contributed by atoms with Gasteiger partial charge < -0.3 is 24.4 Å². The van der Waals surface area contributed by atoms with Crippen LogP contribution in [-0.2, 0) is 23.8 Å². The molecule has 0 radical (unpaired) electrons. The van der Waals surface area contributed by atoms with Crippen LogP contribution in [0.1, 0.15) is 27.7 Å². The molecule has 2 atom stereocenters. The first-order chi connectivity index (χ1) is 8.72. The molecule has 1 aliphatic rings. The van der Waals surface area contributed by atoms with Crippen molar-refractivity contribution in [1.82, 2.24) is 0 Å². The first-order valence-electron chi connectivity index (χ1n) is 5.91. The minimum atomic E-state index is -2.61. The highest BCUT2D eigenvalue weighted by molar-refractivity contribution is 6.02. The maximum atomic E-state index is 11.9. The fourth-order valence-corrected chi connectivity index (χ4v) is 1.93. The van der Waals surface area contributed by atoms with Crippen LogP contribution in [0.15, 0.2) is 11.3 Å². The summed E-state index contributed by atoms with van der Waals surface area (Å²) in [5, 5.41) is 20.5. The molecule has 0 aromatic carbocycles. The fraction of sp³-hybridized carbons (Fsp3) is 0.667. The molecule has 0 aromatic heterocycles. The monoisotopic (exact) mass is 274 g/mol. The van der Waals surface area contributed by atoms with Gasteiger partial charge in [0.15, 0.2) is 0 Å². The molecule has 0 spiro atoms. The van der Waals surface area contributed by atoms with Gasteiger partial charge in [-0.15, -0.1) is 0 Å². The first kappa shape index (κ1) is 15.5. The molecular formula is C12H18O7. The molecule has 0 fully saturated rings. The SMILES string of the molecule is CCOC(=O)C1=C(C)O[C@](C)(O)[C@]1(O)C(=O)OCC. The van der Waals surface area contributed by atoms with Crippen LogP contribution in [0.2, 0.25) is 0 Å². The summed E-state index contributed by atoms with van der Waals surface area (Å²) >= 11 is 0. The quantitative estimate of drug-likeness (QED) is 0.687. The second-order valence-electron chi connectivity index (χ2n) is 4.17. The molecule has 7 heteroatoms. The van der Waals surface area contributed by atoms with Crippen molar-refractivity contribution in [1.29, 1.82) is 0 Å². The van der Waals surface area contributed by atoms with E-state index in [1.165, 1.54) is 13.8 Å². The molecule has 0 aliphatic carbocycles. The maximum Gasteiger partial charge on any atom is 0.350 e. The molecule has 0 bridgehead atoms. The number of hydrogen-bond donors (Lipinski definition) is 2. The maximum absolute atomic E-state index is 11.9. The molecule has 2 N–H and O–H groups in total. The number of carbonyl (C=O) groups is 2. The third kappa shape index (κ3) is 2.31. The molecule has 1 rings (SSSR count). The van der Waals surface area contributed by atoms with Gasteiger partial charge in [0.2, 0.25) is 5.79 Å². The summed E-state index contributed by atoms with van der Waals surface area (Å²) in [7, 11) is 0. The van der Waals surface area contributed by atoms with E-state index < -0.39 is 28.9 Å². The van der Waals surface area contributed by atoms with Crippen LogP contribution in [0.25, 0.3) is 0 Å². The predicted octanol–water partition coefficient (Wildman–Crippen LogP) is -0.144. The molecule has 7 nitrogen and oxygen atoms in total. The van der Waals surface area contributed by atoms with Crippen LogP contribution in [0.3, 0.4) is 0 Å². The standard InChI is InChI=1S/C12H18O7/c1-5-17-9(13)8-7(3)19-11(4,15)12(8,16)10(14)18-6-2/h15-16H,5-6H2,1-4H3/t11-,12+/m0/s1. The van der Waals surface area contributed by atoms with E-state index >= 15 is 0 Å². The molecule has 0 amide bonds. The van der Waals surface area contributed by atoms with Gasteiger partial charge in [-0.05, 0) is 20.8 Å². The summed E-state index contributed by atoms with van der Waals surface area (Å²) < 4.78 is 14.5. The Morgan fingerprint density at radius 2 is 1.74 bits per heavy atom. The number of carbonyl (C=O) groups excluding carboxylic acids is 2. The number of allylic oxidation sites excluding steroid dienone is 1. The van der Waals surface area contributed by atoms with E-state index in [1.54, 1.807) is 6.92 Å². The lowest BCUT2D eigenvalue weighted by atomic mass is 9.87. The normalized spacial score (nSPS) is 30.0. The molecule has 108 valence electrons. The average Bonchev–Trinajstić information content (AvgIpc) is 2.46. The van der Waals surface area contributed by atoms with Crippen molar-refractivity contribution in [2.24, 2.45) is 0 Å². The average molecular weight is 274 g/mol. The highest BCUT2D eigenvalue weighted by atomic mass is 16.7. The van der Waals surface area contributed by atoms with Gasteiger partial charge in [0.25, 0.3) is 5.60 Å². The van der Waals surface area contributed by atoms with E-state index in [0.29, 0.717) is 0 Å². The molecule has 0 saturated carbocycles. The number of rotatable bonds is 4. The molecule has 1 heterocycles. The highest BCUT2D eigenvalue weighted by Crippen LogP contribution is 2.42. The van der Waals surface area contributed by atoms with Gasteiger partial charge in [-0.3, -0.25) is 0 Å². The summed E-state index contributed by atoms with van der Waals surface area (Å²) in [6, 6.07) is 0. The third-order valence-electron chi connectivity index (χ3n) is 2.79. The van der Waals surface area contributed by atoms with Crippen molar-refractivity contribution in [3.05, 3.63) is 11.3 Å². The van der Waals surface area contributed by atoms with Gasteiger partial charge in [0.05, 0.1) is 13.2 Å². The van der Waals surface area contributed by atoms with Gasteiger partial charge >= 0.3 is 11.9 Å². The molecule has 0 unspecified atom stereocenters. The molecule has 1 aliphatic heterocycles. The second kappa shape index (κ2) is 5.18. The van der Waals surface area contributed by atoms with Crippen LogP contribution in [0.4, 0.5) is 0 Å². The lowest BCUT2D eigenvalue weighted by molar-refractivity contribution is -0.244. The number of ether oxygens (including phenoxy) is 3. The third-order valence-corrected chi connectivity index (χ3v) is 2.79. The van der Waals surface area contributed by atoms with Gasteiger partial charge in [-0.1, -0.05) is 0 Å². The van der Waals surface area contributed by atoms with Crippen LogP contribution >= 0.6 is 0 Å². The lowest BCUT2D eigenvalue weighted by Gasteiger charge is -2.32. The Kier molecular flexibility index (Phi) is 4.21. The minimum Gasteiger partial charge on any atom is -0.463 e. The van der Waals surface area contributed by atoms with E-state index in [-0.39, 0.29) is 19.0 Å². The first-order valence-corrected chi connectivity index (χ1v) is 5.91. The largest absolute Gasteiger partial charge is 0.463 e. The van der Waals surface area contributed by atoms with Gasteiger partial charge in [0.1, 0.15) is 11.3 Å². The molecule has 19 heavy (non-hydrogen) atoms. The summed E-state index contributed by atoms with van der Waals surface area (Å²) in [6.07, 6.45) is 0. The van der Waals surface area contributed by atoms with Crippen LogP contribution in [-0.4, -0.2) is 46.8 Å². The van der Waals surface area contributed by atoms with Crippen LogP contribution in [0, 0.1) is 0 Å². The Bertz CT molecular complexity index is 424. The Balaban J connectivity index is 3.28. The Labute approximate surface area is 110 Å². The summed E-state index contributed by atoms with van der Waals surface area (Å²) in [4.78, 5) is 23.7. The van der Waals surface area contributed by atoms with E-state index in [1.807, 2.05) is 0 Å². The summed E-state index contributed by atoms with van der Waals surface area (Å²) in [5.74, 6) is -4.49. The fourth-order valence-electron chi connectivity index (χ4n) is 1.93. The van der Waals surface area contributed by atoms with Crippen LogP contribution < -0.4 is 0 Å². The summed E-state index contributed by atoms with van der Waals surface area (Å²) in [5.41, 5.74) is -3.06. The van der Waals surface area contributed by atoms with Gasteiger partial charge in [-0.25, -0.2) is 9.59 Å². The zero-order chi connectivity index (χ0) is 14.8. The Morgan fingerprint density at radius 3 is 2.21 bits per heavy atom. The molecular weight excluding hydrogens is 256 g/mol. The predicted molar refractivity (Wildman–Crippen MR) is 62.6 cm³/mol. The molecule has 0 saturated heterocycles. The smallest absolute Gasteiger partial charge is 0.350 e. The topological polar surface area (TPSA) is 102 Å². The number of esters is 2. The van der Waals surface area contributed by atoms with E-state index in [0.717, 1.165) is 6.92 Å². The zero-order valence-electron chi connectivity index (χ0n) is 11.3. The van der Waals surface area contributed by atoms with Crippen molar-refractivity contribution in [2.45, 2.75) is 39.1 Å². The zero-order valence-corrected chi connectivity index (χ0v) is 11.3. The van der Waals surface area contributed by atoms with Crippen molar-refractivity contribution in [2.75, 3.05) is 13.2 Å². The van der Waals surface area contributed by atoms with Crippen molar-refractivity contribution in [3.8, 4) is 0 Å². The summed E-state index contributed by atoms with van der Waals surface area (Å²) in [6.45, 7) is 5.55. The number of aliphatic hydroxyl groups is 2. The van der Waals surface area contributed by atoms with Crippen LogP contribution in [0.5, 0.6) is 0 Å². The van der Waals surface area contributed by atoms with Gasteiger partial charge in [0, 0.05) is 6.92 Å². The van der Waals surface area contributed by atoms with Crippen molar-refractivity contribution >= 4 is 11.9 Å². The molecule has 0 aromatic rings. The second-order valence-corrected chi connectivity index (χ2v) is 4.17. The van der Waals surface area contributed by atoms with E-state index in [4.69, 9.17) is 14.2 Å². The van der Waals surface area contributed by atoms with Gasteiger partial charge in [-0.2, -0.15) is 0 Å². The lowest BCUT2D eigenvalue weighted by Crippen LogP contribution is -2.58. The van der Waals surface area contributed by atoms with Crippen molar-refractivity contribution < 1.29 is 34.0 Å².